The molecule has 102 valence electrons. The van der Waals surface area contributed by atoms with Crippen LogP contribution in [0.3, 0.4) is 0 Å². The lowest BCUT2D eigenvalue weighted by Gasteiger charge is -2.07. The fourth-order valence-electron chi connectivity index (χ4n) is 2.60. The Morgan fingerprint density at radius 3 is 2.70 bits per heavy atom. The van der Waals surface area contributed by atoms with Crippen LogP contribution in [0.15, 0.2) is 42.5 Å². The number of hydrogen-bond donors (Lipinski definition) is 1. The van der Waals surface area contributed by atoms with Gasteiger partial charge >= 0.3 is 0 Å². The van der Waals surface area contributed by atoms with Crippen molar-refractivity contribution < 1.29 is 0 Å². The molecule has 20 heavy (non-hydrogen) atoms. The Labute approximate surface area is 119 Å². The van der Waals surface area contributed by atoms with Gasteiger partial charge in [-0.2, -0.15) is 0 Å². The average molecular weight is 265 g/mol. The van der Waals surface area contributed by atoms with Gasteiger partial charge in [-0.15, -0.1) is 0 Å². The first-order chi connectivity index (χ1) is 9.69. The summed E-state index contributed by atoms with van der Waals surface area (Å²) >= 11 is 0. The minimum absolute atomic E-state index is 0.813. The number of nitrogens with zero attached hydrogens (tertiary/aromatic N) is 2. The Morgan fingerprint density at radius 2 is 1.95 bits per heavy atom. The summed E-state index contributed by atoms with van der Waals surface area (Å²) in [6, 6.07) is 14.5. The molecule has 3 heteroatoms. The van der Waals surface area contributed by atoms with E-state index in [1.807, 2.05) is 13.0 Å². The Balaban J connectivity index is 2.03. The largest absolute Gasteiger partial charge is 0.399 e. The predicted molar refractivity (Wildman–Crippen MR) is 83.8 cm³/mol. The number of benzene rings is 2. The van der Waals surface area contributed by atoms with Gasteiger partial charge in [0.25, 0.3) is 0 Å². The molecule has 0 aliphatic rings. The Morgan fingerprint density at radius 1 is 1.15 bits per heavy atom. The number of imidazole rings is 1. The summed E-state index contributed by atoms with van der Waals surface area (Å²) in [5.74, 6) is 1.09. The number of aromatic nitrogens is 2. The number of nitrogens with two attached hydrogens (primary N) is 1. The van der Waals surface area contributed by atoms with Gasteiger partial charge in [-0.25, -0.2) is 4.98 Å². The Bertz CT molecular complexity index is 756. The molecule has 3 aromatic rings. The first-order valence-electron chi connectivity index (χ1n) is 6.98. The van der Waals surface area contributed by atoms with Crippen molar-refractivity contribution in [3.8, 4) is 0 Å². The quantitative estimate of drug-likeness (QED) is 0.736. The van der Waals surface area contributed by atoms with Gasteiger partial charge in [0.15, 0.2) is 0 Å². The highest BCUT2D eigenvalue weighted by molar-refractivity contribution is 5.76. The third-order valence-corrected chi connectivity index (χ3v) is 3.76. The molecule has 2 N–H and O–H groups in total. The van der Waals surface area contributed by atoms with Crippen molar-refractivity contribution in [2.45, 2.75) is 26.8 Å². The predicted octanol–water partition coefficient (Wildman–Crippen LogP) is 3.54. The number of rotatable bonds is 3. The lowest BCUT2D eigenvalue weighted by molar-refractivity contribution is 0.733. The van der Waals surface area contributed by atoms with E-state index in [9.17, 15) is 0 Å². The van der Waals surface area contributed by atoms with Crippen LogP contribution in [0.25, 0.3) is 11.0 Å². The van der Waals surface area contributed by atoms with E-state index in [0.29, 0.717) is 0 Å². The molecule has 0 amide bonds. The number of anilines is 1. The molecule has 0 aliphatic carbocycles. The molecule has 0 aliphatic heterocycles. The van der Waals surface area contributed by atoms with Crippen LogP contribution in [-0.4, -0.2) is 9.55 Å². The number of hydrogen-bond acceptors (Lipinski definition) is 2. The summed E-state index contributed by atoms with van der Waals surface area (Å²) < 4.78 is 2.27. The summed E-state index contributed by atoms with van der Waals surface area (Å²) in [6.45, 7) is 5.11. The minimum atomic E-state index is 0.813. The van der Waals surface area contributed by atoms with Gasteiger partial charge in [0.05, 0.1) is 11.0 Å². The Kier molecular flexibility index (Phi) is 3.18. The molecular weight excluding hydrogens is 246 g/mol. The highest BCUT2D eigenvalue weighted by atomic mass is 15.1. The van der Waals surface area contributed by atoms with Crippen LogP contribution in [0.2, 0.25) is 0 Å². The molecule has 0 spiro atoms. The van der Waals surface area contributed by atoms with Crippen LogP contribution >= 0.6 is 0 Å². The van der Waals surface area contributed by atoms with Crippen molar-refractivity contribution >= 4 is 16.7 Å². The maximum Gasteiger partial charge on any atom is 0.114 e. The van der Waals surface area contributed by atoms with Crippen molar-refractivity contribution in [3.63, 3.8) is 0 Å². The second-order valence-electron chi connectivity index (χ2n) is 5.13. The summed E-state index contributed by atoms with van der Waals surface area (Å²) in [7, 11) is 0. The van der Waals surface area contributed by atoms with E-state index in [1.165, 1.54) is 11.1 Å². The van der Waals surface area contributed by atoms with Crippen molar-refractivity contribution in [3.05, 3.63) is 59.4 Å². The Hall–Kier alpha value is -2.29. The zero-order chi connectivity index (χ0) is 14.1. The van der Waals surface area contributed by atoms with Gasteiger partial charge in [0.2, 0.25) is 0 Å². The lowest BCUT2D eigenvalue weighted by atomic mass is 10.1. The van der Waals surface area contributed by atoms with Gasteiger partial charge in [-0.1, -0.05) is 24.3 Å². The molecule has 0 saturated heterocycles. The van der Waals surface area contributed by atoms with E-state index in [4.69, 9.17) is 10.7 Å². The van der Waals surface area contributed by atoms with Crippen LogP contribution in [0.5, 0.6) is 0 Å². The fourth-order valence-corrected chi connectivity index (χ4v) is 2.60. The number of para-hydroxylation sites is 2. The molecule has 1 aromatic heterocycles. The third-order valence-electron chi connectivity index (χ3n) is 3.76. The zero-order valence-corrected chi connectivity index (χ0v) is 11.9. The van der Waals surface area contributed by atoms with Gasteiger partial charge in [0, 0.05) is 18.7 Å². The molecule has 0 saturated carbocycles. The van der Waals surface area contributed by atoms with Crippen molar-refractivity contribution in [2.24, 2.45) is 0 Å². The van der Waals surface area contributed by atoms with Crippen molar-refractivity contribution in [2.75, 3.05) is 5.73 Å². The van der Waals surface area contributed by atoms with Gasteiger partial charge in [-0.3, -0.25) is 0 Å². The van der Waals surface area contributed by atoms with E-state index in [2.05, 4.69) is 47.9 Å². The summed E-state index contributed by atoms with van der Waals surface area (Å²) in [5, 5.41) is 0. The number of fused-ring (bicyclic) bond motifs is 1. The lowest BCUT2D eigenvalue weighted by Crippen LogP contribution is -2.03. The normalized spacial score (nSPS) is 11.1. The molecule has 3 rings (SSSR count). The second kappa shape index (κ2) is 5.00. The SMILES string of the molecule is CCn1c(Cc2ccc(C)c(N)c2)nc2ccccc21. The third kappa shape index (κ3) is 2.16. The fraction of sp³-hybridized carbons (Fsp3) is 0.235. The van der Waals surface area contributed by atoms with Crippen LogP contribution in [0, 0.1) is 6.92 Å². The molecule has 0 radical (unpaired) electrons. The van der Waals surface area contributed by atoms with E-state index < -0.39 is 0 Å². The standard InChI is InChI=1S/C17H19N3/c1-3-20-16-7-5-4-6-15(16)19-17(20)11-13-9-8-12(2)14(18)10-13/h4-10H,3,11,18H2,1-2H3. The molecular formula is C17H19N3. The summed E-state index contributed by atoms with van der Waals surface area (Å²) in [4.78, 5) is 4.75. The van der Waals surface area contributed by atoms with E-state index >= 15 is 0 Å². The summed E-state index contributed by atoms with van der Waals surface area (Å²) in [6.07, 6.45) is 0.813. The van der Waals surface area contributed by atoms with Crippen LogP contribution in [0.1, 0.15) is 23.9 Å². The smallest absolute Gasteiger partial charge is 0.114 e. The zero-order valence-electron chi connectivity index (χ0n) is 11.9. The summed E-state index contributed by atoms with van der Waals surface area (Å²) in [5.41, 5.74) is 11.4. The molecule has 1 heterocycles. The maximum atomic E-state index is 5.99. The van der Waals surface area contributed by atoms with Gasteiger partial charge in [-0.05, 0) is 43.2 Å². The molecule has 3 nitrogen and oxygen atoms in total. The van der Waals surface area contributed by atoms with Crippen LogP contribution in [0.4, 0.5) is 5.69 Å². The molecule has 0 bridgehead atoms. The van der Waals surface area contributed by atoms with E-state index in [1.54, 1.807) is 0 Å². The first kappa shape index (κ1) is 12.7. The van der Waals surface area contributed by atoms with Gasteiger partial charge in [0.1, 0.15) is 5.82 Å². The van der Waals surface area contributed by atoms with Gasteiger partial charge < -0.3 is 10.3 Å². The second-order valence-corrected chi connectivity index (χ2v) is 5.13. The topological polar surface area (TPSA) is 43.8 Å². The number of nitrogen functional groups attached to an aromatic ring is 1. The van der Waals surface area contributed by atoms with Crippen LogP contribution in [-0.2, 0) is 13.0 Å². The first-order valence-corrected chi connectivity index (χ1v) is 6.98. The molecule has 0 unspecified atom stereocenters. The molecule has 0 fully saturated rings. The highest BCUT2D eigenvalue weighted by Crippen LogP contribution is 2.20. The minimum Gasteiger partial charge on any atom is -0.399 e. The molecule has 2 aromatic carbocycles. The monoisotopic (exact) mass is 265 g/mol. The van der Waals surface area contributed by atoms with E-state index in [0.717, 1.165) is 35.6 Å². The van der Waals surface area contributed by atoms with Crippen molar-refractivity contribution in [1.29, 1.82) is 0 Å². The van der Waals surface area contributed by atoms with E-state index in [-0.39, 0.29) is 0 Å². The average Bonchev–Trinajstić information content (AvgIpc) is 2.80. The highest BCUT2D eigenvalue weighted by Gasteiger charge is 2.09. The number of aryl methyl sites for hydroxylation is 2. The molecule has 0 atom stereocenters. The van der Waals surface area contributed by atoms with Crippen LogP contribution < -0.4 is 5.73 Å². The maximum absolute atomic E-state index is 5.99. The van der Waals surface area contributed by atoms with Crippen molar-refractivity contribution in [1.82, 2.24) is 9.55 Å².